The molecule has 5 heteroatoms. The SMILES string of the molecule is CC(C)(N)CNc1cc(NCC2CCC2)ncn1. The Morgan fingerprint density at radius 3 is 2.50 bits per heavy atom. The number of nitrogens with one attached hydrogen (secondary N) is 2. The van der Waals surface area contributed by atoms with Gasteiger partial charge in [0.1, 0.15) is 18.0 Å². The van der Waals surface area contributed by atoms with Gasteiger partial charge in [0.15, 0.2) is 0 Å². The van der Waals surface area contributed by atoms with Crippen LogP contribution < -0.4 is 16.4 Å². The van der Waals surface area contributed by atoms with Crippen LogP contribution in [0.15, 0.2) is 12.4 Å². The van der Waals surface area contributed by atoms with Gasteiger partial charge in [-0.25, -0.2) is 9.97 Å². The summed E-state index contributed by atoms with van der Waals surface area (Å²) in [6.07, 6.45) is 5.62. The molecular weight excluding hydrogens is 226 g/mol. The second kappa shape index (κ2) is 5.52. The van der Waals surface area contributed by atoms with Crippen LogP contribution in [-0.4, -0.2) is 28.6 Å². The van der Waals surface area contributed by atoms with Gasteiger partial charge in [-0.05, 0) is 32.6 Å². The molecule has 4 N–H and O–H groups in total. The molecule has 0 radical (unpaired) electrons. The molecule has 1 aromatic heterocycles. The lowest BCUT2D eigenvalue weighted by atomic mass is 9.85. The van der Waals surface area contributed by atoms with Crippen LogP contribution in [-0.2, 0) is 0 Å². The van der Waals surface area contributed by atoms with Crippen LogP contribution in [0.5, 0.6) is 0 Å². The van der Waals surface area contributed by atoms with E-state index in [1.54, 1.807) is 6.33 Å². The predicted octanol–water partition coefficient (Wildman–Crippen LogP) is 1.84. The fraction of sp³-hybridized carbons (Fsp3) is 0.692. The Bertz CT molecular complexity index is 381. The molecule has 1 heterocycles. The lowest BCUT2D eigenvalue weighted by molar-refractivity contribution is 0.333. The molecule has 1 aromatic rings. The second-order valence-corrected chi connectivity index (χ2v) is 5.81. The summed E-state index contributed by atoms with van der Waals surface area (Å²) in [4.78, 5) is 8.41. The summed E-state index contributed by atoms with van der Waals surface area (Å²) in [5, 5.41) is 6.59. The highest BCUT2D eigenvalue weighted by molar-refractivity contribution is 5.46. The van der Waals surface area contributed by atoms with E-state index in [1.165, 1.54) is 19.3 Å². The number of aromatic nitrogens is 2. The third kappa shape index (κ3) is 4.14. The first-order chi connectivity index (χ1) is 8.53. The van der Waals surface area contributed by atoms with Crippen LogP contribution >= 0.6 is 0 Å². The van der Waals surface area contributed by atoms with Gasteiger partial charge in [-0.2, -0.15) is 0 Å². The van der Waals surface area contributed by atoms with E-state index in [-0.39, 0.29) is 5.54 Å². The van der Waals surface area contributed by atoms with E-state index in [4.69, 9.17) is 5.73 Å². The molecule has 5 nitrogen and oxygen atoms in total. The maximum atomic E-state index is 5.92. The van der Waals surface area contributed by atoms with Crippen LogP contribution in [0, 0.1) is 5.92 Å². The van der Waals surface area contributed by atoms with E-state index in [1.807, 2.05) is 19.9 Å². The zero-order chi connectivity index (χ0) is 13.0. The highest BCUT2D eigenvalue weighted by Crippen LogP contribution is 2.26. The molecule has 18 heavy (non-hydrogen) atoms. The summed E-state index contributed by atoms with van der Waals surface area (Å²) in [7, 11) is 0. The van der Waals surface area contributed by atoms with Crippen molar-refractivity contribution in [2.45, 2.75) is 38.6 Å². The Balaban J connectivity index is 1.84. The Morgan fingerprint density at radius 2 is 1.94 bits per heavy atom. The predicted molar refractivity (Wildman–Crippen MR) is 74.6 cm³/mol. The van der Waals surface area contributed by atoms with Gasteiger partial charge >= 0.3 is 0 Å². The van der Waals surface area contributed by atoms with Gasteiger partial charge in [0.05, 0.1) is 0 Å². The summed E-state index contributed by atoms with van der Waals surface area (Å²) < 4.78 is 0. The zero-order valence-electron chi connectivity index (χ0n) is 11.2. The van der Waals surface area contributed by atoms with Crippen molar-refractivity contribution in [2.75, 3.05) is 23.7 Å². The molecule has 1 aliphatic rings. The zero-order valence-corrected chi connectivity index (χ0v) is 11.2. The third-order valence-corrected chi connectivity index (χ3v) is 3.19. The molecule has 0 amide bonds. The number of hydrogen-bond acceptors (Lipinski definition) is 5. The minimum absolute atomic E-state index is 0.246. The van der Waals surface area contributed by atoms with Crippen molar-refractivity contribution >= 4 is 11.6 Å². The largest absolute Gasteiger partial charge is 0.370 e. The van der Waals surface area contributed by atoms with Gasteiger partial charge in [-0.15, -0.1) is 0 Å². The molecule has 0 aliphatic heterocycles. The average molecular weight is 249 g/mol. The fourth-order valence-electron chi connectivity index (χ4n) is 1.81. The fourth-order valence-corrected chi connectivity index (χ4v) is 1.81. The molecule has 0 aromatic carbocycles. The first-order valence-corrected chi connectivity index (χ1v) is 6.62. The Hall–Kier alpha value is -1.36. The van der Waals surface area contributed by atoms with Crippen LogP contribution in [0.1, 0.15) is 33.1 Å². The van der Waals surface area contributed by atoms with Gasteiger partial charge in [-0.1, -0.05) is 6.42 Å². The number of anilines is 2. The second-order valence-electron chi connectivity index (χ2n) is 5.81. The standard InChI is InChI=1S/C13H23N5/c1-13(2,14)8-16-12-6-11(17-9-18-12)15-7-10-4-3-5-10/h6,9-10H,3-5,7-8,14H2,1-2H3,(H2,15,16,17,18). The average Bonchev–Trinajstić information content (AvgIpc) is 2.24. The number of rotatable bonds is 6. The Kier molecular flexibility index (Phi) is 4.01. The van der Waals surface area contributed by atoms with E-state index < -0.39 is 0 Å². The van der Waals surface area contributed by atoms with Gasteiger partial charge in [0.25, 0.3) is 0 Å². The Labute approximate surface area is 109 Å². The summed E-state index contributed by atoms with van der Waals surface area (Å²) >= 11 is 0. The summed E-state index contributed by atoms with van der Waals surface area (Å²) in [6, 6.07) is 1.93. The van der Waals surface area contributed by atoms with Crippen molar-refractivity contribution in [2.24, 2.45) is 11.7 Å². The Morgan fingerprint density at radius 1 is 1.28 bits per heavy atom. The van der Waals surface area contributed by atoms with Gasteiger partial charge in [0.2, 0.25) is 0 Å². The van der Waals surface area contributed by atoms with Crippen LogP contribution in [0.4, 0.5) is 11.6 Å². The highest BCUT2D eigenvalue weighted by Gasteiger charge is 2.17. The molecule has 0 unspecified atom stereocenters. The number of nitrogens with zero attached hydrogens (tertiary/aromatic N) is 2. The van der Waals surface area contributed by atoms with Crippen molar-refractivity contribution in [3.8, 4) is 0 Å². The number of nitrogens with two attached hydrogens (primary N) is 1. The first kappa shape index (κ1) is 13.1. The molecule has 1 fully saturated rings. The van der Waals surface area contributed by atoms with Crippen molar-refractivity contribution in [1.82, 2.24) is 9.97 Å². The third-order valence-electron chi connectivity index (χ3n) is 3.19. The molecular formula is C13H23N5. The van der Waals surface area contributed by atoms with Crippen molar-refractivity contribution in [3.63, 3.8) is 0 Å². The molecule has 100 valence electrons. The van der Waals surface area contributed by atoms with Crippen LogP contribution in [0.2, 0.25) is 0 Å². The van der Waals surface area contributed by atoms with Crippen LogP contribution in [0.3, 0.4) is 0 Å². The van der Waals surface area contributed by atoms with Gasteiger partial charge in [0, 0.05) is 24.7 Å². The maximum Gasteiger partial charge on any atom is 0.131 e. The normalized spacial score (nSPS) is 16.2. The molecule has 0 saturated heterocycles. The van der Waals surface area contributed by atoms with E-state index in [0.717, 1.165) is 24.1 Å². The van der Waals surface area contributed by atoms with Gasteiger partial charge in [-0.3, -0.25) is 0 Å². The first-order valence-electron chi connectivity index (χ1n) is 6.62. The quantitative estimate of drug-likeness (QED) is 0.717. The minimum atomic E-state index is -0.246. The smallest absolute Gasteiger partial charge is 0.131 e. The molecule has 0 bridgehead atoms. The van der Waals surface area contributed by atoms with Crippen molar-refractivity contribution < 1.29 is 0 Å². The molecule has 1 aliphatic carbocycles. The highest BCUT2D eigenvalue weighted by atomic mass is 15.1. The number of hydrogen-bond donors (Lipinski definition) is 3. The lowest BCUT2D eigenvalue weighted by Crippen LogP contribution is -2.39. The van der Waals surface area contributed by atoms with Crippen LogP contribution in [0.25, 0.3) is 0 Å². The van der Waals surface area contributed by atoms with E-state index in [0.29, 0.717) is 6.54 Å². The minimum Gasteiger partial charge on any atom is -0.370 e. The van der Waals surface area contributed by atoms with E-state index >= 15 is 0 Å². The lowest BCUT2D eigenvalue weighted by Gasteiger charge is -2.25. The molecule has 0 spiro atoms. The monoisotopic (exact) mass is 249 g/mol. The molecule has 0 atom stereocenters. The van der Waals surface area contributed by atoms with E-state index in [2.05, 4.69) is 20.6 Å². The summed E-state index contributed by atoms with van der Waals surface area (Å²) in [5.41, 5.74) is 5.68. The molecule has 2 rings (SSSR count). The van der Waals surface area contributed by atoms with Crippen molar-refractivity contribution in [1.29, 1.82) is 0 Å². The summed E-state index contributed by atoms with van der Waals surface area (Å²) in [6.45, 7) is 5.67. The van der Waals surface area contributed by atoms with Crippen molar-refractivity contribution in [3.05, 3.63) is 12.4 Å². The van der Waals surface area contributed by atoms with E-state index in [9.17, 15) is 0 Å². The summed E-state index contributed by atoms with van der Waals surface area (Å²) in [5.74, 6) is 2.52. The maximum absolute atomic E-state index is 5.92. The topological polar surface area (TPSA) is 75.9 Å². The molecule has 1 saturated carbocycles. The van der Waals surface area contributed by atoms with Gasteiger partial charge < -0.3 is 16.4 Å².